The number of nitrogens with zero attached hydrogens (tertiary/aromatic N) is 1. The summed E-state index contributed by atoms with van der Waals surface area (Å²) in [5.41, 5.74) is 6.84. The predicted molar refractivity (Wildman–Crippen MR) is 75.6 cm³/mol. The maximum atomic E-state index is 11.9. The molecule has 1 saturated heterocycles. The fraction of sp³-hybridized carbons (Fsp3) is 0.533. The minimum Gasteiger partial charge on any atom is -0.399 e. The highest BCUT2D eigenvalue weighted by atomic mass is 16.3. The monoisotopic (exact) mass is 262 g/mol. The Bertz CT molecular complexity index is 436. The van der Waals surface area contributed by atoms with E-state index in [0.717, 1.165) is 30.5 Å². The lowest BCUT2D eigenvalue weighted by molar-refractivity contribution is -0.156. The number of benzene rings is 1. The first kappa shape index (κ1) is 13.9. The van der Waals surface area contributed by atoms with Crippen LogP contribution in [0.4, 0.5) is 5.69 Å². The highest BCUT2D eigenvalue weighted by Crippen LogP contribution is 2.26. The van der Waals surface area contributed by atoms with E-state index in [-0.39, 0.29) is 5.91 Å². The average Bonchev–Trinajstić information content (AvgIpc) is 2.35. The average molecular weight is 262 g/mol. The summed E-state index contributed by atoms with van der Waals surface area (Å²) in [4.78, 5) is 13.7. The lowest BCUT2D eigenvalue weighted by Gasteiger charge is -2.46. The number of nitrogens with two attached hydrogens (primary N) is 1. The van der Waals surface area contributed by atoms with Crippen LogP contribution in [0, 0.1) is 0 Å². The highest BCUT2D eigenvalue weighted by molar-refractivity contribution is 5.77. The predicted octanol–water partition coefficient (Wildman–Crippen LogP) is 1.57. The van der Waals surface area contributed by atoms with Gasteiger partial charge in [-0.3, -0.25) is 4.79 Å². The van der Waals surface area contributed by atoms with Crippen molar-refractivity contribution >= 4 is 11.6 Å². The summed E-state index contributed by atoms with van der Waals surface area (Å²) < 4.78 is 0. The summed E-state index contributed by atoms with van der Waals surface area (Å²) in [5.74, 6) is 0.123. The minimum atomic E-state index is -0.633. The number of hydrogen-bond donors (Lipinski definition) is 2. The molecule has 0 spiro atoms. The molecule has 1 aliphatic rings. The smallest absolute Gasteiger partial charge is 0.223 e. The molecule has 0 saturated carbocycles. The second kappa shape index (κ2) is 5.61. The first-order valence-electron chi connectivity index (χ1n) is 6.87. The number of amides is 1. The van der Waals surface area contributed by atoms with Crippen molar-refractivity contribution in [3.8, 4) is 0 Å². The number of rotatable bonds is 5. The third-order valence-electron chi connectivity index (χ3n) is 3.65. The molecule has 0 atom stereocenters. The summed E-state index contributed by atoms with van der Waals surface area (Å²) in [5, 5.41) is 10.0. The molecule has 0 radical (unpaired) electrons. The van der Waals surface area contributed by atoms with E-state index < -0.39 is 5.60 Å². The zero-order valence-corrected chi connectivity index (χ0v) is 11.4. The largest absolute Gasteiger partial charge is 0.399 e. The number of hydrogen-bond acceptors (Lipinski definition) is 3. The molecule has 1 aromatic rings. The van der Waals surface area contributed by atoms with E-state index >= 15 is 0 Å². The van der Waals surface area contributed by atoms with Crippen molar-refractivity contribution in [1.82, 2.24) is 4.90 Å². The van der Waals surface area contributed by atoms with Crippen LogP contribution in [-0.4, -0.2) is 34.6 Å². The first-order chi connectivity index (χ1) is 9.02. The van der Waals surface area contributed by atoms with Crippen LogP contribution in [0.1, 0.15) is 31.7 Å². The minimum absolute atomic E-state index is 0.123. The summed E-state index contributed by atoms with van der Waals surface area (Å²) in [6.45, 7) is 3.02. The molecule has 1 fully saturated rings. The van der Waals surface area contributed by atoms with Crippen molar-refractivity contribution in [2.75, 3.05) is 18.8 Å². The normalized spacial score (nSPS) is 17.1. The van der Waals surface area contributed by atoms with E-state index in [1.165, 1.54) is 0 Å². The number of likely N-dealkylation sites (tertiary alicyclic amines) is 1. The molecule has 19 heavy (non-hydrogen) atoms. The Hall–Kier alpha value is -1.55. The van der Waals surface area contributed by atoms with E-state index in [2.05, 4.69) is 0 Å². The SMILES string of the molecule is CCCC1(O)CN(C(=O)CCc2ccc(N)cc2)C1. The standard InChI is InChI=1S/C15H22N2O2/c1-2-9-15(19)10-17(11-15)14(18)8-5-12-3-6-13(16)7-4-12/h3-4,6-7,19H,2,5,8-11,16H2,1H3. The number of carbonyl (C=O) groups excluding carboxylic acids is 1. The number of carbonyl (C=O) groups is 1. The Kier molecular flexibility index (Phi) is 4.10. The van der Waals surface area contributed by atoms with Crippen LogP contribution >= 0.6 is 0 Å². The molecule has 4 nitrogen and oxygen atoms in total. The van der Waals surface area contributed by atoms with Gasteiger partial charge in [0.15, 0.2) is 0 Å². The van der Waals surface area contributed by atoms with Gasteiger partial charge in [0, 0.05) is 12.1 Å². The van der Waals surface area contributed by atoms with Crippen molar-refractivity contribution in [2.24, 2.45) is 0 Å². The van der Waals surface area contributed by atoms with Gasteiger partial charge in [-0.05, 0) is 30.5 Å². The molecular formula is C15H22N2O2. The molecule has 1 heterocycles. The second-order valence-electron chi connectivity index (χ2n) is 5.47. The van der Waals surface area contributed by atoms with Crippen LogP contribution in [0.15, 0.2) is 24.3 Å². The molecule has 0 aliphatic carbocycles. The Morgan fingerprint density at radius 3 is 2.58 bits per heavy atom. The van der Waals surface area contributed by atoms with Crippen molar-refractivity contribution in [3.63, 3.8) is 0 Å². The molecule has 0 aromatic heterocycles. The fourth-order valence-electron chi connectivity index (χ4n) is 2.56. The van der Waals surface area contributed by atoms with Gasteiger partial charge in [0.25, 0.3) is 0 Å². The highest BCUT2D eigenvalue weighted by Gasteiger charge is 2.42. The van der Waals surface area contributed by atoms with Crippen LogP contribution in [-0.2, 0) is 11.2 Å². The van der Waals surface area contributed by atoms with Crippen molar-refractivity contribution in [2.45, 2.75) is 38.2 Å². The first-order valence-corrected chi connectivity index (χ1v) is 6.87. The molecule has 0 bridgehead atoms. The lowest BCUT2D eigenvalue weighted by atomic mass is 9.89. The fourth-order valence-corrected chi connectivity index (χ4v) is 2.56. The molecule has 1 aliphatic heterocycles. The zero-order valence-electron chi connectivity index (χ0n) is 11.4. The molecular weight excluding hydrogens is 240 g/mol. The molecule has 0 unspecified atom stereocenters. The van der Waals surface area contributed by atoms with E-state index in [1.807, 2.05) is 31.2 Å². The summed E-state index contributed by atoms with van der Waals surface area (Å²) in [7, 11) is 0. The zero-order chi connectivity index (χ0) is 13.9. The van der Waals surface area contributed by atoms with E-state index in [4.69, 9.17) is 5.73 Å². The van der Waals surface area contributed by atoms with Gasteiger partial charge < -0.3 is 15.7 Å². The van der Waals surface area contributed by atoms with Crippen LogP contribution in [0.3, 0.4) is 0 Å². The quantitative estimate of drug-likeness (QED) is 0.792. The third-order valence-corrected chi connectivity index (χ3v) is 3.65. The maximum Gasteiger partial charge on any atom is 0.223 e. The van der Waals surface area contributed by atoms with Gasteiger partial charge in [-0.1, -0.05) is 25.5 Å². The van der Waals surface area contributed by atoms with Crippen LogP contribution in [0.5, 0.6) is 0 Å². The van der Waals surface area contributed by atoms with Gasteiger partial charge >= 0.3 is 0 Å². The number of nitrogen functional groups attached to an aromatic ring is 1. The molecule has 1 aromatic carbocycles. The summed E-state index contributed by atoms with van der Waals surface area (Å²) in [6, 6.07) is 7.60. The van der Waals surface area contributed by atoms with Gasteiger partial charge in [-0.25, -0.2) is 0 Å². The van der Waals surface area contributed by atoms with Gasteiger partial charge in [-0.15, -0.1) is 0 Å². The molecule has 4 heteroatoms. The van der Waals surface area contributed by atoms with Gasteiger partial charge in [0.2, 0.25) is 5.91 Å². The molecule has 3 N–H and O–H groups in total. The lowest BCUT2D eigenvalue weighted by Crippen LogP contribution is -2.63. The Morgan fingerprint density at radius 1 is 1.37 bits per heavy atom. The Morgan fingerprint density at radius 2 is 2.00 bits per heavy atom. The third kappa shape index (κ3) is 3.47. The molecule has 1 amide bonds. The topological polar surface area (TPSA) is 66.6 Å². The summed E-state index contributed by atoms with van der Waals surface area (Å²) in [6.07, 6.45) is 2.94. The van der Waals surface area contributed by atoms with Crippen molar-refractivity contribution in [3.05, 3.63) is 29.8 Å². The Balaban J connectivity index is 1.76. The van der Waals surface area contributed by atoms with Crippen molar-refractivity contribution < 1.29 is 9.90 Å². The number of aliphatic hydroxyl groups is 1. The number of anilines is 1. The second-order valence-corrected chi connectivity index (χ2v) is 5.47. The number of aryl methyl sites for hydroxylation is 1. The molecule has 104 valence electrons. The van der Waals surface area contributed by atoms with E-state index in [0.29, 0.717) is 19.5 Å². The maximum absolute atomic E-state index is 11.9. The van der Waals surface area contributed by atoms with Crippen LogP contribution < -0.4 is 5.73 Å². The Labute approximate surface area is 114 Å². The van der Waals surface area contributed by atoms with Crippen LogP contribution in [0.2, 0.25) is 0 Å². The van der Waals surface area contributed by atoms with Gasteiger partial charge in [0.1, 0.15) is 0 Å². The molecule has 2 rings (SSSR count). The van der Waals surface area contributed by atoms with E-state index in [1.54, 1.807) is 4.90 Å². The van der Waals surface area contributed by atoms with Crippen LogP contribution in [0.25, 0.3) is 0 Å². The van der Waals surface area contributed by atoms with Gasteiger partial charge in [-0.2, -0.15) is 0 Å². The van der Waals surface area contributed by atoms with E-state index in [9.17, 15) is 9.90 Å². The number of β-amino-alcohol motifs (C(OH)–C–C–N with tert-alkyl or cyclic N) is 1. The van der Waals surface area contributed by atoms with Gasteiger partial charge in [0.05, 0.1) is 18.7 Å². The summed E-state index contributed by atoms with van der Waals surface area (Å²) >= 11 is 0. The van der Waals surface area contributed by atoms with Crippen molar-refractivity contribution in [1.29, 1.82) is 0 Å².